The summed E-state index contributed by atoms with van der Waals surface area (Å²) in [6.45, 7) is 8.79. The Bertz CT molecular complexity index is 1600. The summed E-state index contributed by atoms with van der Waals surface area (Å²) >= 11 is 0. The van der Waals surface area contributed by atoms with Gasteiger partial charge in [0.1, 0.15) is 0 Å². The molecule has 0 saturated heterocycles. The fraction of sp³-hybridized carbons (Fsp3) is 0.600. The highest BCUT2D eigenvalue weighted by Gasteiger charge is 2.36. The molecule has 2 fully saturated rings. The fourth-order valence-electron chi connectivity index (χ4n) is 10.9. The summed E-state index contributed by atoms with van der Waals surface area (Å²) in [6.07, 6.45) is 45.8. The Labute approximate surface area is 318 Å². The Kier molecular flexibility index (Phi) is 15.1. The molecule has 52 heavy (non-hydrogen) atoms. The molecule has 0 aromatic heterocycles. The first-order chi connectivity index (χ1) is 25.6. The first kappa shape index (κ1) is 39.0. The molecule has 2 saturated carbocycles. The second-order valence-electron chi connectivity index (χ2n) is 17.2. The lowest BCUT2D eigenvalue weighted by molar-refractivity contribution is 0.180. The minimum Gasteiger partial charge on any atom is -0.327 e. The van der Waals surface area contributed by atoms with E-state index in [2.05, 4.69) is 111 Å². The highest BCUT2D eigenvalue weighted by Crippen LogP contribution is 2.47. The first-order valence-corrected chi connectivity index (χ1v) is 21.8. The molecule has 7 unspecified atom stereocenters. The lowest BCUT2D eigenvalue weighted by Gasteiger charge is -2.41. The Balaban J connectivity index is 1.22. The minimum absolute atomic E-state index is 0.551. The number of allylic oxidation sites excluding steroid dienone is 10. The van der Waals surface area contributed by atoms with E-state index >= 15 is 0 Å². The van der Waals surface area contributed by atoms with Crippen LogP contribution in [-0.4, -0.2) is 19.1 Å². The van der Waals surface area contributed by atoms with Crippen LogP contribution in [0, 0.1) is 41.4 Å². The smallest absolute Gasteiger partial charge is 0.0167 e. The quantitative estimate of drug-likeness (QED) is 0.169. The lowest BCUT2D eigenvalue weighted by atomic mass is 9.64. The zero-order valence-electron chi connectivity index (χ0n) is 33.2. The number of hydrogen-bond donors (Lipinski definition) is 2. The molecule has 5 aliphatic rings. The van der Waals surface area contributed by atoms with E-state index in [0.717, 1.165) is 49.5 Å². The number of nitrogens with one attached hydrogen (secondary N) is 1. The van der Waals surface area contributed by atoms with Crippen LogP contribution >= 0.6 is 0 Å². The van der Waals surface area contributed by atoms with Crippen molar-refractivity contribution in [1.82, 2.24) is 5.32 Å². The summed E-state index contributed by atoms with van der Waals surface area (Å²) in [6, 6.07) is 10.2. The predicted molar refractivity (Wildman–Crippen MR) is 226 cm³/mol. The zero-order chi connectivity index (χ0) is 36.1. The number of benzene rings is 1. The van der Waals surface area contributed by atoms with E-state index in [4.69, 9.17) is 5.73 Å². The third-order valence-corrected chi connectivity index (χ3v) is 13.9. The monoisotopic (exact) mass is 701 g/mol. The van der Waals surface area contributed by atoms with Crippen LogP contribution in [0.5, 0.6) is 0 Å². The van der Waals surface area contributed by atoms with Crippen molar-refractivity contribution in [2.75, 3.05) is 13.1 Å². The van der Waals surface area contributed by atoms with E-state index in [-0.39, 0.29) is 0 Å². The summed E-state index contributed by atoms with van der Waals surface area (Å²) in [5, 5.41) is 7.18. The zero-order valence-corrected chi connectivity index (χ0v) is 33.2. The average Bonchev–Trinajstić information content (AvgIpc) is 3.20. The molecule has 282 valence electrons. The van der Waals surface area contributed by atoms with Gasteiger partial charge in [0.25, 0.3) is 0 Å². The molecule has 2 nitrogen and oxygen atoms in total. The van der Waals surface area contributed by atoms with Gasteiger partial charge in [0, 0.05) is 19.1 Å². The number of hydrogen-bond acceptors (Lipinski definition) is 2. The maximum atomic E-state index is 5.79. The third-order valence-electron chi connectivity index (χ3n) is 13.9. The largest absolute Gasteiger partial charge is 0.327 e. The first-order valence-electron chi connectivity index (χ1n) is 21.8. The van der Waals surface area contributed by atoms with Crippen molar-refractivity contribution >= 4 is 11.1 Å². The van der Waals surface area contributed by atoms with Gasteiger partial charge >= 0.3 is 0 Å². The van der Waals surface area contributed by atoms with Crippen LogP contribution in [0.25, 0.3) is 11.1 Å². The second-order valence-corrected chi connectivity index (χ2v) is 17.2. The topological polar surface area (TPSA) is 38.0 Å². The molecule has 0 amide bonds. The summed E-state index contributed by atoms with van der Waals surface area (Å²) < 4.78 is 0. The van der Waals surface area contributed by atoms with Crippen molar-refractivity contribution in [3.8, 4) is 0 Å². The lowest BCUT2D eigenvalue weighted by Crippen LogP contribution is -2.38. The SMILES string of the molecule is C/C=C\CC(CC)C1CC(C2=CCCC=C2)CC(C2=c3ccccc3=C(C(C)C/C=C(/CC/C=C\CN)CNC3CC[C@H]4CCC=CC4C3)CC2)C1. The van der Waals surface area contributed by atoms with Crippen LogP contribution in [-0.2, 0) is 0 Å². The summed E-state index contributed by atoms with van der Waals surface area (Å²) in [7, 11) is 0. The molecule has 1 aromatic rings. The van der Waals surface area contributed by atoms with Crippen LogP contribution in [0.3, 0.4) is 0 Å². The fourth-order valence-corrected chi connectivity index (χ4v) is 10.9. The maximum Gasteiger partial charge on any atom is 0.0167 e. The van der Waals surface area contributed by atoms with Gasteiger partial charge in [-0.05, 0) is 167 Å². The Morgan fingerprint density at radius 2 is 1.77 bits per heavy atom. The Hall–Kier alpha value is -2.68. The van der Waals surface area contributed by atoms with Gasteiger partial charge in [0.2, 0.25) is 0 Å². The van der Waals surface area contributed by atoms with Crippen molar-refractivity contribution in [3.63, 3.8) is 0 Å². The summed E-state index contributed by atoms with van der Waals surface area (Å²) in [5.74, 6) is 5.26. The highest BCUT2D eigenvalue weighted by molar-refractivity contribution is 5.60. The van der Waals surface area contributed by atoms with Crippen molar-refractivity contribution in [3.05, 3.63) is 107 Å². The van der Waals surface area contributed by atoms with Crippen molar-refractivity contribution in [2.45, 2.75) is 136 Å². The van der Waals surface area contributed by atoms with Gasteiger partial charge in [-0.1, -0.05) is 122 Å². The molecular formula is C50H72N2. The van der Waals surface area contributed by atoms with Gasteiger partial charge in [-0.2, -0.15) is 0 Å². The molecule has 0 heterocycles. The van der Waals surface area contributed by atoms with E-state index in [0.29, 0.717) is 30.3 Å². The Morgan fingerprint density at radius 3 is 2.58 bits per heavy atom. The molecular weight excluding hydrogens is 629 g/mol. The standard InChI is InChI=1S/C50H72N2/c1-4-6-18-39(5-2)43-32-44(40-19-10-7-11-20-40)34-45(33-43)48-30-29-47(49-23-14-15-24-50(48)49)37(3)25-26-38(17-9-8-16-31-51)36-52-46-28-27-41-21-12-13-22-42(41)35-46/h4,6,8,10,13-16,19-20,22-24,26,37,39,41-46,52H,5,7,9,11-12,17-18,21,25,27-36,51H2,1-3H3/b6-4-,16-8-,38-26-/t37?,39?,41-,42?,43?,44?,45?,46?/m1/s1. The normalized spacial score (nSPS) is 29.3. The summed E-state index contributed by atoms with van der Waals surface area (Å²) in [4.78, 5) is 0. The molecule has 0 radical (unpaired) electrons. The molecule has 0 spiro atoms. The van der Waals surface area contributed by atoms with E-state index in [1.807, 2.05) is 0 Å². The van der Waals surface area contributed by atoms with Crippen LogP contribution in [0.1, 0.15) is 130 Å². The molecule has 1 aromatic carbocycles. The number of nitrogens with two attached hydrogens (primary N) is 1. The van der Waals surface area contributed by atoms with Crippen LogP contribution in [0.2, 0.25) is 0 Å². The van der Waals surface area contributed by atoms with Gasteiger partial charge in [-0.15, -0.1) is 0 Å². The molecule has 0 bridgehead atoms. The number of rotatable bonds is 16. The van der Waals surface area contributed by atoms with Gasteiger partial charge in [0.15, 0.2) is 0 Å². The number of fused-ring (bicyclic) bond motifs is 2. The molecule has 2 heteroatoms. The van der Waals surface area contributed by atoms with E-state index in [9.17, 15) is 0 Å². The highest BCUT2D eigenvalue weighted by atomic mass is 14.9. The predicted octanol–water partition coefficient (Wildman–Crippen LogP) is 11.1. The molecule has 6 rings (SSSR count). The average molecular weight is 701 g/mol. The van der Waals surface area contributed by atoms with Crippen molar-refractivity contribution < 1.29 is 0 Å². The Morgan fingerprint density at radius 1 is 0.904 bits per heavy atom. The maximum absolute atomic E-state index is 5.79. The molecule has 5 aliphatic carbocycles. The summed E-state index contributed by atoms with van der Waals surface area (Å²) in [5.41, 5.74) is 12.5. The van der Waals surface area contributed by atoms with Crippen LogP contribution in [0.15, 0.2) is 96.2 Å². The van der Waals surface area contributed by atoms with Crippen LogP contribution < -0.4 is 21.5 Å². The van der Waals surface area contributed by atoms with Crippen LogP contribution in [0.4, 0.5) is 0 Å². The van der Waals surface area contributed by atoms with Gasteiger partial charge in [-0.25, -0.2) is 0 Å². The minimum atomic E-state index is 0.551. The molecule has 8 atom stereocenters. The van der Waals surface area contributed by atoms with Crippen molar-refractivity contribution in [1.29, 1.82) is 0 Å². The van der Waals surface area contributed by atoms with E-state index in [1.54, 1.807) is 32.7 Å². The second kappa shape index (κ2) is 20.1. The third kappa shape index (κ3) is 10.3. The van der Waals surface area contributed by atoms with E-state index in [1.165, 1.54) is 89.9 Å². The van der Waals surface area contributed by atoms with Gasteiger partial charge in [-0.3, -0.25) is 0 Å². The van der Waals surface area contributed by atoms with Crippen molar-refractivity contribution in [2.24, 2.45) is 47.2 Å². The van der Waals surface area contributed by atoms with E-state index < -0.39 is 0 Å². The van der Waals surface area contributed by atoms with Gasteiger partial charge < -0.3 is 11.1 Å². The van der Waals surface area contributed by atoms with Gasteiger partial charge in [0.05, 0.1) is 0 Å². The molecule has 0 aliphatic heterocycles. The molecule has 3 N–H and O–H groups in total.